The second-order valence-electron chi connectivity index (χ2n) is 17.0. The number of aliphatic hydroxyl groups is 4. The van der Waals surface area contributed by atoms with E-state index < -0.39 is 89.7 Å². The van der Waals surface area contributed by atoms with Crippen molar-refractivity contribution in [2.75, 3.05) is 27.3 Å². The summed E-state index contributed by atoms with van der Waals surface area (Å²) in [7, 11) is 3.53. The van der Waals surface area contributed by atoms with Crippen LogP contribution in [0.4, 0.5) is 0 Å². The smallest absolute Gasteiger partial charge is 0.311 e. The number of nitrogens with zero attached hydrogens (tertiary/aromatic N) is 1. The summed E-state index contributed by atoms with van der Waals surface area (Å²) in [6, 6.07) is -0.340. The van der Waals surface area contributed by atoms with E-state index in [9.17, 15) is 25.2 Å². The van der Waals surface area contributed by atoms with Gasteiger partial charge >= 0.3 is 5.97 Å². The average Bonchev–Trinajstić information content (AvgIpc) is 3.38. The summed E-state index contributed by atoms with van der Waals surface area (Å²) in [4.78, 5) is 16.1. The third kappa shape index (κ3) is 9.12. The molecule has 0 saturated carbocycles. The van der Waals surface area contributed by atoms with E-state index in [4.69, 9.17) is 33.2 Å². The van der Waals surface area contributed by atoms with E-state index in [0.29, 0.717) is 32.2 Å². The van der Waals surface area contributed by atoms with Gasteiger partial charge in [-0.05, 0) is 73.8 Å². The highest BCUT2D eigenvalue weighted by atomic mass is 16.7. The molecule has 13 heteroatoms. The first-order valence-electron chi connectivity index (χ1n) is 19.2. The fraction of sp³-hybridized carbons (Fsp3) is 0.974. The molecule has 2 bridgehead atoms. The fourth-order valence-electron chi connectivity index (χ4n) is 9.50. The molecule has 4 fully saturated rings. The van der Waals surface area contributed by atoms with Crippen molar-refractivity contribution in [2.24, 2.45) is 23.7 Å². The van der Waals surface area contributed by atoms with Crippen LogP contribution in [0.15, 0.2) is 0 Å². The van der Waals surface area contributed by atoms with Crippen molar-refractivity contribution in [3.05, 3.63) is 0 Å². The van der Waals surface area contributed by atoms with Crippen LogP contribution in [0, 0.1) is 23.7 Å². The molecule has 13 nitrogen and oxygen atoms in total. The number of aliphatic hydroxyl groups excluding tert-OH is 3. The lowest BCUT2D eigenvalue weighted by atomic mass is 9.76. The molecule has 18 atom stereocenters. The number of hydrogen-bond donors (Lipinski definition) is 4. The summed E-state index contributed by atoms with van der Waals surface area (Å²) in [5, 5.41) is 44.9. The first-order chi connectivity index (χ1) is 23.7. The number of cyclic esters (lactones) is 1. The van der Waals surface area contributed by atoms with Gasteiger partial charge in [0.25, 0.3) is 0 Å². The maximum atomic E-state index is 14.1. The van der Waals surface area contributed by atoms with Crippen LogP contribution in [0.3, 0.4) is 0 Å². The van der Waals surface area contributed by atoms with Crippen LogP contribution < -0.4 is 0 Å². The lowest BCUT2D eigenvalue weighted by Crippen LogP contribution is -2.60. The van der Waals surface area contributed by atoms with E-state index in [1.54, 1.807) is 14.0 Å². The van der Waals surface area contributed by atoms with Crippen LogP contribution in [0.1, 0.15) is 101 Å². The van der Waals surface area contributed by atoms with Crippen molar-refractivity contribution in [1.29, 1.82) is 0 Å². The van der Waals surface area contributed by atoms with Crippen LogP contribution in [-0.4, -0.2) is 143 Å². The van der Waals surface area contributed by atoms with Gasteiger partial charge in [0.2, 0.25) is 0 Å². The van der Waals surface area contributed by atoms with Crippen molar-refractivity contribution in [3.8, 4) is 0 Å². The number of ether oxygens (including phenoxy) is 7. The summed E-state index contributed by atoms with van der Waals surface area (Å²) in [5.41, 5.74) is -3.28. The number of hydrogen-bond acceptors (Lipinski definition) is 13. The maximum absolute atomic E-state index is 14.1. The van der Waals surface area contributed by atoms with Gasteiger partial charge in [0, 0.05) is 44.4 Å². The number of esters is 1. The molecular formula is C38H69NO12. The van der Waals surface area contributed by atoms with Crippen molar-refractivity contribution >= 4 is 5.97 Å². The van der Waals surface area contributed by atoms with Gasteiger partial charge in [0.1, 0.15) is 17.8 Å². The number of fused-ring (bicyclic) bond motifs is 2. The Morgan fingerprint density at radius 2 is 1.61 bits per heavy atom. The van der Waals surface area contributed by atoms with Gasteiger partial charge in [0.05, 0.1) is 60.4 Å². The topological polar surface area (TPSA) is 166 Å². The van der Waals surface area contributed by atoms with Gasteiger partial charge in [-0.2, -0.15) is 0 Å². The highest BCUT2D eigenvalue weighted by Crippen LogP contribution is 2.48. The van der Waals surface area contributed by atoms with Crippen LogP contribution in [0.5, 0.6) is 0 Å². The van der Waals surface area contributed by atoms with Crippen LogP contribution in [-0.2, 0) is 38.0 Å². The highest BCUT2D eigenvalue weighted by Gasteiger charge is 2.57. The minimum atomic E-state index is -1.77. The molecule has 4 aliphatic rings. The molecule has 0 aromatic rings. The third-order valence-corrected chi connectivity index (χ3v) is 12.5. The number of methoxy groups -OCH3 is 1. The standard InChI is InChI=1S/C38H69NO12/c1-13-27-38(10,44)32(42)23(5)30-20(2)17-37(9,51-30)33(50-35-29(41)26(16-21(3)47-35)39(11)14-15-40)24(6)31(25(7)34(43)48-27)49-28-19-36(8,45-12)18-22(4)46-28/h20-33,35,40-42,44H,13-19H2,1-12H3/t20-,21-,22+,23+,24+,25-,26+,27-,28+,29-,30-,31+,32-,33-,35+,36+,37-,38-/m1/s1. The number of carbonyl (C=O) groups is 1. The lowest BCUT2D eigenvalue weighted by molar-refractivity contribution is -0.312. The van der Waals surface area contributed by atoms with Gasteiger partial charge in [-0.25, -0.2) is 0 Å². The zero-order chi connectivity index (χ0) is 38.2. The summed E-state index contributed by atoms with van der Waals surface area (Å²) in [6.45, 7) is 19.1. The Morgan fingerprint density at radius 3 is 2.22 bits per heavy atom. The Hall–Kier alpha value is -0.970. The molecular weight excluding hydrogens is 662 g/mol. The normalized spacial score (nSPS) is 50.3. The zero-order valence-corrected chi connectivity index (χ0v) is 33.1. The van der Waals surface area contributed by atoms with Crippen molar-refractivity contribution in [1.82, 2.24) is 4.90 Å². The molecule has 298 valence electrons. The molecule has 0 spiro atoms. The number of rotatable bonds is 9. The number of likely N-dealkylation sites (N-methyl/N-ethyl adjacent to an activating group) is 1. The predicted molar refractivity (Wildman–Crippen MR) is 189 cm³/mol. The van der Waals surface area contributed by atoms with E-state index in [0.717, 1.165) is 0 Å². The van der Waals surface area contributed by atoms with Crippen LogP contribution in [0.2, 0.25) is 0 Å². The zero-order valence-electron chi connectivity index (χ0n) is 33.1. The molecule has 0 unspecified atom stereocenters. The van der Waals surface area contributed by atoms with Crippen molar-refractivity contribution in [3.63, 3.8) is 0 Å². The van der Waals surface area contributed by atoms with E-state index in [2.05, 4.69) is 6.92 Å². The lowest BCUT2D eigenvalue weighted by Gasteiger charge is -2.48. The van der Waals surface area contributed by atoms with Crippen LogP contribution in [0.25, 0.3) is 0 Å². The summed E-state index contributed by atoms with van der Waals surface area (Å²) >= 11 is 0. The minimum absolute atomic E-state index is 0.0550. The molecule has 4 heterocycles. The molecule has 0 amide bonds. The Morgan fingerprint density at radius 1 is 0.941 bits per heavy atom. The summed E-state index contributed by atoms with van der Waals surface area (Å²) in [5.74, 6) is -2.61. The van der Waals surface area contributed by atoms with E-state index >= 15 is 0 Å². The van der Waals surface area contributed by atoms with Crippen molar-refractivity contribution < 1.29 is 58.4 Å². The van der Waals surface area contributed by atoms with Crippen molar-refractivity contribution in [2.45, 2.75) is 186 Å². The maximum Gasteiger partial charge on any atom is 0.311 e. The molecule has 51 heavy (non-hydrogen) atoms. The summed E-state index contributed by atoms with van der Waals surface area (Å²) < 4.78 is 45.3. The molecule has 0 aromatic heterocycles. The highest BCUT2D eigenvalue weighted by molar-refractivity contribution is 5.73. The molecule has 0 aromatic carbocycles. The summed E-state index contributed by atoms with van der Waals surface area (Å²) in [6.07, 6.45) is -5.21. The van der Waals surface area contributed by atoms with E-state index in [1.165, 1.54) is 6.92 Å². The quantitative estimate of drug-likeness (QED) is 0.256. The predicted octanol–water partition coefficient (Wildman–Crippen LogP) is 3.01. The Kier molecular flexibility index (Phi) is 14.1. The third-order valence-electron chi connectivity index (χ3n) is 12.5. The minimum Gasteiger partial charge on any atom is -0.459 e. The second-order valence-corrected chi connectivity index (χ2v) is 17.0. The second kappa shape index (κ2) is 16.8. The first-order valence-corrected chi connectivity index (χ1v) is 19.2. The monoisotopic (exact) mass is 731 g/mol. The first kappa shape index (κ1) is 42.8. The molecule has 0 radical (unpaired) electrons. The van der Waals surface area contributed by atoms with Gasteiger partial charge in [0.15, 0.2) is 12.6 Å². The van der Waals surface area contributed by atoms with Gasteiger partial charge in [-0.3, -0.25) is 9.69 Å². The van der Waals surface area contributed by atoms with Gasteiger partial charge < -0.3 is 53.6 Å². The fourth-order valence-corrected chi connectivity index (χ4v) is 9.50. The average molecular weight is 732 g/mol. The largest absolute Gasteiger partial charge is 0.459 e. The van der Waals surface area contributed by atoms with E-state index in [1.807, 2.05) is 60.4 Å². The van der Waals surface area contributed by atoms with E-state index in [-0.39, 0.29) is 37.2 Å². The molecule has 4 rings (SSSR count). The van der Waals surface area contributed by atoms with Gasteiger partial charge in [-0.15, -0.1) is 0 Å². The Balaban J connectivity index is 1.82. The molecule has 0 aliphatic carbocycles. The number of carbonyl (C=O) groups excluding carboxylic acids is 1. The molecule has 4 N–H and O–H groups in total. The van der Waals surface area contributed by atoms with Crippen LogP contribution >= 0.6 is 0 Å². The Labute approximate surface area is 305 Å². The Bertz CT molecular complexity index is 1140. The SMILES string of the molecule is CC[C@H]1OC(=O)[C@H](C)[C@@H](O[C@H]2C[C@@](C)(OC)C[C@H](C)O2)[C@H](C)[C@@H](O[C@@H]2O[C@H](C)C[C@H](N(C)CCO)[C@H]2O)[C@@]2(C)C[C@@H](C)[C@@H](O2)[C@H](C)[C@@H](O)[C@]1(C)O. The molecule has 4 aliphatic heterocycles. The molecule has 4 saturated heterocycles. The van der Waals surface area contributed by atoms with Gasteiger partial charge in [-0.1, -0.05) is 27.7 Å².